The van der Waals surface area contributed by atoms with Gasteiger partial charge in [0.25, 0.3) is 0 Å². The monoisotopic (exact) mass is 359 g/mol. The summed E-state index contributed by atoms with van der Waals surface area (Å²) in [7, 11) is 0. The molecule has 7 heteroatoms. The van der Waals surface area contributed by atoms with Gasteiger partial charge in [-0.3, -0.25) is 9.47 Å². The fraction of sp³-hybridized carbons (Fsp3) is 0.500. The molecule has 0 saturated carbocycles. The van der Waals surface area contributed by atoms with Gasteiger partial charge in [0.2, 0.25) is 11.0 Å². The third-order valence-corrected chi connectivity index (χ3v) is 5.26. The third kappa shape index (κ3) is 3.52. The second kappa shape index (κ2) is 7.09. The van der Waals surface area contributed by atoms with Crippen LogP contribution in [-0.2, 0) is 6.67 Å². The number of nitrogens with two attached hydrogens (primary N) is 1. The zero-order valence-corrected chi connectivity index (χ0v) is 15.8. The minimum absolute atomic E-state index is 0.0457. The standard InChI is InChI=1S/C18H25N5OS/c1-11-6-8-22(9-7-11)10-23-14-5-4-12(2)13(3)15(14)16(17(23)24)20-21-18(19)25/h4-5,11,24H,6-10H2,1-3H3,(H2,19,25). The maximum Gasteiger partial charge on any atom is 0.221 e. The summed E-state index contributed by atoms with van der Waals surface area (Å²) in [6.07, 6.45) is 2.37. The molecule has 3 rings (SSSR count). The molecule has 1 aromatic heterocycles. The molecule has 1 aliphatic rings. The van der Waals surface area contributed by atoms with Crippen molar-refractivity contribution in [1.29, 1.82) is 0 Å². The number of benzene rings is 1. The Balaban J connectivity index is 2.07. The Morgan fingerprint density at radius 1 is 1.32 bits per heavy atom. The number of hydrogen-bond donors (Lipinski definition) is 2. The lowest BCUT2D eigenvalue weighted by Crippen LogP contribution is -2.34. The van der Waals surface area contributed by atoms with Crippen molar-refractivity contribution in [2.45, 2.75) is 40.3 Å². The summed E-state index contributed by atoms with van der Waals surface area (Å²) in [6, 6.07) is 4.10. The molecule has 2 heterocycles. The van der Waals surface area contributed by atoms with Crippen molar-refractivity contribution in [3.63, 3.8) is 0 Å². The molecule has 0 spiro atoms. The van der Waals surface area contributed by atoms with Crippen LogP contribution >= 0.6 is 12.2 Å². The van der Waals surface area contributed by atoms with Gasteiger partial charge in [-0.15, -0.1) is 10.2 Å². The van der Waals surface area contributed by atoms with Gasteiger partial charge >= 0.3 is 0 Å². The quantitative estimate of drug-likeness (QED) is 0.642. The van der Waals surface area contributed by atoms with E-state index in [1.165, 1.54) is 12.8 Å². The van der Waals surface area contributed by atoms with E-state index in [2.05, 4.69) is 28.1 Å². The second-order valence-electron chi connectivity index (χ2n) is 6.98. The molecule has 0 amide bonds. The van der Waals surface area contributed by atoms with Gasteiger partial charge < -0.3 is 10.8 Å². The Morgan fingerprint density at radius 3 is 2.64 bits per heavy atom. The van der Waals surface area contributed by atoms with Crippen LogP contribution in [-0.4, -0.2) is 32.8 Å². The van der Waals surface area contributed by atoms with Crippen molar-refractivity contribution in [2.75, 3.05) is 13.1 Å². The minimum atomic E-state index is -0.0457. The summed E-state index contributed by atoms with van der Waals surface area (Å²) in [5, 5.41) is 19.6. The van der Waals surface area contributed by atoms with E-state index in [-0.39, 0.29) is 11.0 Å². The number of aromatic hydroxyl groups is 1. The predicted octanol–water partition coefficient (Wildman–Crippen LogP) is 3.98. The van der Waals surface area contributed by atoms with E-state index >= 15 is 0 Å². The zero-order chi connectivity index (χ0) is 18.1. The highest BCUT2D eigenvalue weighted by Gasteiger charge is 2.22. The van der Waals surface area contributed by atoms with Gasteiger partial charge in [-0.05, 0) is 62.0 Å². The van der Waals surface area contributed by atoms with E-state index in [1.54, 1.807) is 0 Å². The molecule has 1 fully saturated rings. The van der Waals surface area contributed by atoms with Crippen LogP contribution in [0.25, 0.3) is 10.9 Å². The van der Waals surface area contributed by atoms with Crippen LogP contribution in [0.4, 0.5) is 5.69 Å². The van der Waals surface area contributed by atoms with Gasteiger partial charge in [-0.2, -0.15) is 0 Å². The molecule has 0 unspecified atom stereocenters. The van der Waals surface area contributed by atoms with Crippen LogP contribution in [0, 0.1) is 19.8 Å². The Kier molecular flexibility index (Phi) is 5.06. The molecule has 0 bridgehead atoms. The van der Waals surface area contributed by atoms with E-state index in [1.807, 2.05) is 24.5 Å². The molecule has 1 aliphatic heterocycles. The molecule has 134 valence electrons. The van der Waals surface area contributed by atoms with Gasteiger partial charge in [0.15, 0.2) is 5.69 Å². The zero-order valence-electron chi connectivity index (χ0n) is 15.0. The Bertz CT molecular complexity index is 834. The largest absolute Gasteiger partial charge is 0.493 e. The molecule has 1 saturated heterocycles. The summed E-state index contributed by atoms with van der Waals surface area (Å²) in [6.45, 7) is 9.08. The number of aryl methyl sites for hydroxylation is 2. The SMILES string of the molecule is Cc1ccc2c(c1C)c(N=NC(N)=S)c(O)n2CN1CCC(C)CC1. The van der Waals surface area contributed by atoms with Crippen LogP contribution in [0.1, 0.15) is 30.9 Å². The summed E-state index contributed by atoms with van der Waals surface area (Å²) in [5.74, 6) is 0.883. The van der Waals surface area contributed by atoms with Crippen LogP contribution in [0.5, 0.6) is 5.88 Å². The molecular weight excluding hydrogens is 334 g/mol. The number of rotatable bonds is 3. The number of fused-ring (bicyclic) bond motifs is 1. The van der Waals surface area contributed by atoms with E-state index < -0.39 is 0 Å². The highest BCUT2D eigenvalue weighted by Crippen LogP contribution is 2.41. The fourth-order valence-electron chi connectivity index (χ4n) is 3.42. The number of piperidine rings is 1. The predicted molar refractivity (Wildman–Crippen MR) is 104 cm³/mol. The molecule has 0 atom stereocenters. The summed E-state index contributed by atoms with van der Waals surface area (Å²) >= 11 is 4.79. The van der Waals surface area contributed by atoms with Crippen molar-refractivity contribution in [3.8, 4) is 5.88 Å². The number of nitrogens with zero attached hydrogens (tertiary/aromatic N) is 4. The van der Waals surface area contributed by atoms with Gasteiger partial charge in [-0.25, -0.2) is 0 Å². The molecule has 6 nitrogen and oxygen atoms in total. The van der Waals surface area contributed by atoms with Crippen molar-refractivity contribution in [3.05, 3.63) is 23.3 Å². The number of hydrogen-bond acceptors (Lipinski definition) is 4. The molecule has 3 N–H and O–H groups in total. The summed E-state index contributed by atoms with van der Waals surface area (Å²) in [5.41, 5.74) is 9.06. The lowest BCUT2D eigenvalue weighted by atomic mass is 10.00. The van der Waals surface area contributed by atoms with Crippen molar-refractivity contribution >= 4 is 33.9 Å². The first-order valence-electron chi connectivity index (χ1n) is 8.63. The first-order valence-corrected chi connectivity index (χ1v) is 9.04. The van der Waals surface area contributed by atoms with Crippen molar-refractivity contribution < 1.29 is 5.11 Å². The Labute approximate surface area is 153 Å². The number of aromatic nitrogens is 1. The number of thiocarbonyl (C=S) groups is 1. The van der Waals surface area contributed by atoms with Crippen molar-refractivity contribution in [2.24, 2.45) is 21.9 Å². The highest BCUT2D eigenvalue weighted by atomic mass is 32.1. The van der Waals surface area contributed by atoms with E-state index in [9.17, 15) is 5.11 Å². The Hall–Kier alpha value is -1.99. The lowest BCUT2D eigenvalue weighted by molar-refractivity contribution is 0.151. The molecule has 0 aliphatic carbocycles. The van der Waals surface area contributed by atoms with E-state index in [0.29, 0.717) is 12.4 Å². The molecule has 25 heavy (non-hydrogen) atoms. The van der Waals surface area contributed by atoms with Crippen LogP contribution in [0.2, 0.25) is 0 Å². The highest BCUT2D eigenvalue weighted by molar-refractivity contribution is 7.80. The maximum atomic E-state index is 10.8. The van der Waals surface area contributed by atoms with Gasteiger partial charge in [0.05, 0.1) is 12.2 Å². The van der Waals surface area contributed by atoms with Gasteiger partial charge in [0, 0.05) is 18.5 Å². The van der Waals surface area contributed by atoms with Gasteiger partial charge in [-0.1, -0.05) is 13.0 Å². The van der Waals surface area contributed by atoms with Crippen molar-refractivity contribution in [1.82, 2.24) is 9.47 Å². The van der Waals surface area contributed by atoms with Crippen LogP contribution in [0.15, 0.2) is 22.4 Å². The normalized spacial score (nSPS) is 16.9. The average Bonchev–Trinajstić information content (AvgIpc) is 2.84. The lowest BCUT2D eigenvalue weighted by Gasteiger charge is -2.30. The summed E-state index contributed by atoms with van der Waals surface area (Å²) in [4.78, 5) is 2.36. The Morgan fingerprint density at radius 2 is 2.00 bits per heavy atom. The first-order chi connectivity index (χ1) is 11.9. The summed E-state index contributed by atoms with van der Waals surface area (Å²) < 4.78 is 1.91. The smallest absolute Gasteiger partial charge is 0.221 e. The van der Waals surface area contributed by atoms with Crippen LogP contribution in [0.3, 0.4) is 0 Å². The third-order valence-electron chi connectivity index (χ3n) is 5.18. The minimum Gasteiger partial charge on any atom is -0.493 e. The number of azo groups is 1. The maximum absolute atomic E-state index is 10.8. The second-order valence-corrected chi connectivity index (χ2v) is 7.40. The van der Waals surface area contributed by atoms with E-state index in [4.69, 9.17) is 18.0 Å². The topological polar surface area (TPSA) is 79.1 Å². The molecule has 2 aromatic rings. The molecule has 1 aromatic carbocycles. The molecule has 0 radical (unpaired) electrons. The molecular formula is C18H25N5OS. The average molecular weight is 359 g/mol. The number of likely N-dealkylation sites (tertiary alicyclic amines) is 1. The van der Waals surface area contributed by atoms with E-state index in [0.717, 1.165) is 41.0 Å². The van der Waals surface area contributed by atoms with Crippen LogP contribution < -0.4 is 5.73 Å². The fourth-order valence-corrected chi connectivity index (χ4v) is 3.46. The first kappa shape index (κ1) is 17.8. The van der Waals surface area contributed by atoms with Gasteiger partial charge in [0.1, 0.15) is 0 Å².